The van der Waals surface area contributed by atoms with Crippen molar-refractivity contribution in [1.29, 1.82) is 0 Å². The molecule has 0 spiro atoms. The summed E-state index contributed by atoms with van der Waals surface area (Å²) in [6.07, 6.45) is 1.46. The van der Waals surface area contributed by atoms with Crippen molar-refractivity contribution in [3.05, 3.63) is 48.3 Å². The molecule has 0 radical (unpaired) electrons. The standard InChI is InChI=1S/C20H27N3O3S/c1-7-12-23-18(21-22-19(23)27-13-17(24)25-6)14(2)26-16-10-8-15(9-11-16)20(3,4)5/h7-11,14H,1,12-13H2,2-6H3. The van der Waals surface area contributed by atoms with E-state index in [0.717, 1.165) is 5.75 Å². The fourth-order valence-corrected chi connectivity index (χ4v) is 3.27. The maximum atomic E-state index is 11.4. The molecule has 1 aromatic heterocycles. The number of carbonyl (C=O) groups excluding carboxylic acids is 1. The van der Waals surface area contributed by atoms with Crippen LogP contribution in [0.25, 0.3) is 0 Å². The van der Waals surface area contributed by atoms with E-state index in [1.165, 1.54) is 24.4 Å². The van der Waals surface area contributed by atoms with Gasteiger partial charge in [-0.15, -0.1) is 16.8 Å². The van der Waals surface area contributed by atoms with E-state index in [0.29, 0.717) is 17.5 Å². The highest BCUT2D eigenvalue weighted by Crippen LogP contribution is 2.28. The Hall–Kier alpha value is -2.28. The van der Waals surface area contributed by atoms with Gasteiger partial charge in [0, 0.05) is 6.54 Å². The Bertz CT molecular complexity index is 779. The fraction of sp³-hybridized carbons (Fsp3) is 0.450. The maximum Gasteiger partial charge on any atom is 0.316 e. The Labute approximate surface area is 165 Å². The van der Waals surface area contributed by atoms with E-state index in [2.05, 4.69) is 54.4 Å². The predicted octanol–water partition coefficient (Wildman–Crippen LogP) is 4.17. The minimum Gasteiger partial charge on any atom is -0.483 e. The summed E-state index contributed by atoms with van der Waals surface area (Å²) in [7, 11) is 1.36. The zero-order chi connectivity index (χ0) is 20.0. The summed E-state index contributed by atoms with van der Waals surface area (Å²) < 4.78 is 12.6. The quantitative estimate of drug-likeness (QED) is 0.384. The van der Waals surface area contributed by atoms with Gasteiger partial charge in [-0.1, -0.05) is 50.7 Å². The van der Waals surface area contributed by atoms with E-state index in [4.69, 9.17) is 4.74 Å². The number of aromatic nitrogens is 3. The van der Waals surface area contributed by atoms with Crippen molar-refractivity contribution in [3.63, 3.8) is 0 Å². The number of allylic oxidation sites excluding steroid dienone is 1. The highest BCUT2D eigenvalue weighted by atomic mass is 32.2. The SMILES string of the molecule is C=CCn1c(SCC(=O)OC)nnc1C(C)Oc1ccc(C(C)(C)C)cc1. The van der Waals surface area contributed by atoms with Crippen molar-refractivity contribution < 1.29 is 14.3 Å². The molecule has 0 saturated heterocycles. The van der Waals surface area contributed by atoms with Crippen LogP contribution in [0.15, 0.2) is 42.1 Å². The first kappa shape index (κ1) is 21.0. The van der Waals surface area contributed by atoms with Crippen molar-refractivity contribution in [1.82, 2.24) is 14.8 Å². The summed E-state index contributed by atoms with van der Waals surface area (Å²) in [4.78, 5) is 11.4. The lowest BCUT2D eigenvalue weighted by atomic mass is 9.87. The first-order valence-corrected chi connectivity index (χ1v) is 9.75. The molecule has 0 N–H and O–H groups in total. The molecule has 1 unspecified atom stereocenters. The average molecular weight is 390 g/mol. The van der Waals surface area contributed by atoms with Crippen molar-refractivity contribution in [2.75, 3.05) is 12.9 Å². The molecular weight excluding hydrogens is 362 g/mol. The largest absolute Gasteiger partial charge is 0.483 e. The zero-order valence-electron chi connectivity index (χ0n) is 16.6. The van der Waals surface area contributed by atoms with E-state index in [1.54, 1.807) is 6.08 Å². The number of rotatable bonds is 8. The van der Waals surface area contributed by atoms with Crippen LogP contribution >= 0.6 is 11.8 Å². The van der Waals surface area contributed by atoms with E-state index < -0.39 is 0 Å². The predicted molar refractivity (Wildman–Crippen MR) is 107 cm³/mol. The van der Waals surface area contributed by atoms with Gasteiger partial charge in [-0.3, -0.25) is 9.36 Å². The first-order chi connectivity index (χ1) is 12.8. The van der Waals surface area contributed by atoms with Crippen LogP contribution in [0.4, 0.5) is 0 Å². The van der Waals surface area contributed by atoms with Gasteiger partial charge in [0.25, 0.3) is 0 Å². The van der Waals surface area contributed by atoms with Crippen LogP contribution in [-0.4, -0.2) is 33.6 Å². The van der Waals surface area contributed by atoms with Gasteiger partial charge in [-0.25, -0.2) is 0 Å². The molecule has 0 saturated carbocycles. The van der Waals surface area contributed by atoms with E-state index in [9.17, 15) is 4.79 Å². The van der Waals surface area contributed by atoms with Crippen molar-refractivity contribution in [2.24, 2.45) is 0 Å². The highest BCUT2D eigenvalue weighted by Gasteiger charge is 2.20. The molecule has 2 aromatic rings. The molecule has 1 atom stereocenters. The molecule has 1 heterocycles. The van der Waals surface area contributed by atoms with E-state index in [1.807, 2.05) is 23.6 Å². The summed E-state index contributed by atoms with van der Waals surface area (Å²) in [6, 6.07) is 8.10. The molecule has 146 valence electrons. The van der Waals surface area contributed by atoms with Crippen LogP contribution in [-0.2, 0) is 21.5 Å². The number of methoxy groups -OCH3 is 1. The Morgan fingerprint density at radius 3 is 2.52 bits per heavy atom. The molecule has 0 aliphatic rings. The lowest BCUT2D eigenvalue weighted by Crippen LogP contribution is -2.13. The number of ether oxygens (including phenoxy) is 2. The third-order valence-electron chi connectivity index (χ3n) is 4.00. The number of thioether (sulfide) groups is 1. The molecule has 6 nitrogen and oxygen atoms in total. The van der Waals surface area contributed by atoms with Gasteiger partial charge >= 0.3 is 5.97 Å². The molecular formula is C20H27N3O3S. The Morgan fingerprint density at radius 2 is 1.96 bits per heavy atom. The summed E-state index contributed by atoms with van der Waals surface area (Å²) >= 11 is 1.28. The third kappa shape index (κ3) is 5.60. The average Bonchev–Trinajstić information content (AvgIpc) is 3.02. The Morgan fingerprint density at radius 1 is 1.30 bits per heavy atom. The second-order valence-electron chi connectivity index (χ2n) is 7.14. The van der Waals surface area contributed by atoms with Crippen LogP contribution in [0.3, 0.4) is 0 Å². The van der Waals surface area contributed by atoms with Gasteiger partial charge in [0.1, 0.15) is 5.75 Å². The number of carbonyl (C=O) groups is 1. The van der Waals surface area contributed by atoms with Crippen LogP contribution in [0.2, 0.25) is 0 Å². The molecule has 0 fully saturated rings. The molecule has 27 heavy (non-hydrogen) atoms. The number of esters is 1. The van der Waals surface area contributed by atoms with Crippen molar-refractivity contribution in [3.8, 4) is 5.75 Å². The van der Waals surface area contributed by atoms with Crippen LogP contribution in [0.5, 0.6) is 5.75 Å². The first-order valence-electron chi connectivity index (χ1n) is 8.77. The lowest BCUT2D eigenvalue weighted by Gasteiger charge is -2.20. The van der Waals surface area contributed by atoms with E-state index in [-0.39, 0.29) is 23.2 Å². The smallest absolute Gasteiger partial charge is 0.316 e. The lowest BCUT2D eigenvalue weighted by molar-refractivity contribution is -0.137. The monoisotopic (exact) mass is 389 g/mol. The van der Waals surface area contributed by atoms with Gasteiger partial charge in [-0.05, 0) is 30.0 Å². The molecule has 0 bridgehead atoms. The minimum absolute atomic E-state index is 0.0973. The molecule has 2 rings (SSSR count). The second kappa shape index (κ2) is 9.08. The molecule has 0 amide bonds. The fourth-order valence-electron chi connectivity index (χ4n) is 2.48. The second-order valence-corrected chi connectivity index (χ2v) is 8.08. The normalized spacial score (nSPS) is 12.5. The van der Waals surface area contributed by atoms with Crippen molar-refractivity contribution in [2.45, 2.75) is 50.9 Å². The maximum absolute atomic E-state index is 11.4. The highest BCUT2D eigenvalue weighted by molar-refractivity contribution is 7.99. The van der Waals surface area contributed by atoms with Crippen LogP contribution < -0.4 is 4.74 Å². The molecule has 0 aliphatic carbocycles. The molecule has 0 aliphatic heterocycles. The Balaban J connectivity index is 2.15. The summed E-state index contributed by atoms with van der Waals surface area (Å²) in [5.41, 5.74) is 1.35. The van der Waals surface area contributed by atoms with Gasteiger partial charge in [0.15, 0.2) is 17.1 Å². The number of nitrogens with zero attached hydrogens (tertiary/aromatic N) is 3. The Kier molecular flexibility index (Phi) is 7.07. The summed E-state index contributed by atoms with van der Waals surface area (Å²) in [5.74, 6) is 1.32. The number of hydrogen-bond donors (Lipinski definition) is 0. The van der Waals surface area contributed by atoms with Gasteiger partial charge < -0.3 is 9.47 Å². The van der Waals surface area contributed by atoms with Crippen molar-refractivity contribution >= 4 is 17.7 Å². The van der Waals surface area contributed by atoms with Gasteiger partial charge in [-0.2, -0.15) is 0 Å². The number of benzene rings is 1. The van der Waals surface area contributed by atoms with E-state index >= 15 is 0 Å². The number of hydrogen-bond acceptors (Lipinski definition) is 6. The third-order valence-corrected chi connectivity index (χ3v) is 4.94. The summed E-state index contributed by atoms with van der Waals surface area (Å²) in [6.45, 7) is 12.8. The van der Waals surface area contributed by atoms with Gasteiger partial charge in [0.05, 0.1) is 12.9 Å². The molecule has 1 aromatic carbocycles. The zero-order valence-corrected chi connectivity index (χ0v) is 17.4. The minimum atomic E-state index is -0.307. The topological polar surface area (TPSA) is 66.2 Å². The van der Waals surface area contributed by atoms with Gasteiger partial charge in [0.2, 0.25) is 0 Å². The van der Waals surface area contributed by atoms with Crippen LogP contribution in [0, 0.1) is 0 Å². The van der Waals surface area contributed by atoms with Crippen LogP contribution in [0.1, 0.15) is 45.2 Å². The molecule has 7 heteroatoms. The summed E-state index contributed by atoms with van der Waals surface area (Å²) in [5, 5.41) is 9.08.